The molecule has 0 amide bonds. The number of nitrogens with zero attached hydrogens (tertiary/aromatic N) is 1. The van der Waals surface area contributed by atoms with Crippen molar-refractivity contribution in [1.29, 1.82) is 0 Å². The molecule has 1 unspecified atom stereocenters. The van der Waals surface area contributed by atoms with Gasteiger partial charge in [0.25, 0.3) is 0 Å². The lowest BCUT2D eigenvalue weighted by atomic mass is 10.0. The van der Waals surface area contributed by atoms with Gasteiger partial charge in [-0.25, -0.2) is 0 Å². The van der Waals surface area contributed by atoms with Crippen LogP contribution < -0.4 is 4.74 Å². The van der Waals surface area contributed by atoms with E-state index in [0.717, 1.165) is 25.4 Å². The second kappa shape index (κ2) is 4.80. The van der Waals surface area contributed by atoms with Crippen LogP contribution in [0.1, 0.15) is 11.1 Å². The molecule has 0 radical (unpaired) electrons. The molecule has 2 aromatic rings. The van der Waals surface area contributed by atoms with Crippen molar-refractivity contribution in [1.82, 2.24) is 4.90 Å². The molecule has 1 atom stereocenters. The molecule has 2 nitrogen and oxygen atoms in total. The van der Waals surface area contributed by atoms with Crippen LogP contribution in [0.25, 0.3) is 6.08 Å². The van der Waals surface area contributed by atoms with Gasteiger partial charge in [-0.2, -0.15) is 0 Å². The third-order valence-electron chi connectivity index (χ3n) is 4.02. The summed E-state index contributed by atoms with van der Waals surface area (Å²) >= 11 is 0. The van der Waals surface area contributed by atoms with Crippen molar-refractivity contribution in [3.05, 3.63) is 71.3 Å². The van der Waals surface area contributed by atoms with Gasteiger partial charge in [0, 0.05) is 25.2 Å². The number of hydrogen-bond donors (Lipinski definition) is 0. The molecular formula is C18H17NO. The Balaban J connectivity index is 1.53. The third-order valence-corrected chi connectivity index (χ3v) is 4.02. The van der Waals surface area contributed by atoms with E-state index >= 15 is 0 Å². The summed E-state index contributed by atoms with van der Waals surface area (Å²) in [4.78, 5) is 2.46. The van der Waals surface area contributed by atoms with Crippen LogP contribution in [0, 0.1) is 0 Å². The van der Waals surface area contributed by atoms with Crippen LogP contribution in [-0.4, -0.2) is 24.1 Å². The maximum absolute atomic E-state index is 6.11. The molecule has 2 aliphatic heterocycles. The maximum atomic E-state index is 6.11. The highest BCUT2D eigenvalue weighted by Gasteiger charge is 2.31. The molecule has 2 heterocycles. The van der Waals surface area contributed by atoms with Gasteiger partial charge in [0.2, 0.25) is 0 Å². The average molecular weight is 263 g/mol. The molecule has 0 spiro atoms. The summed E-state index contributed by atoms with van der Waals surface area (Å²) in [5.74, 6) is 1.02. The number of rotatable bonds is 2. The minimum absolute atomic E-state index is 0.230. The fourth-order valence-electron chi connectivity index (χ4n) is 3.05. The molecule has 1 fully saturated rings. The molecule has 20 heavy (non-hydrogen) atoms. The normalized spacial score (nSPS) is 20.8. The molecule has 2 aromatic carbocycles. The smallest absolute Gasteiger partial charge is 0.134 e. The first kappa shape index (κ1) is 11.7. The first-order valence-corrected chi connectivity index (χ1v) is 7.11. The minimum atomic E-state index is 0.230. The third kappa shape index (κ3) is 2.12. The van der Waals surface area contributed by atoms with E-state index in [2.05, 4.69) is 59.5 Å². The SMILES string of the molecule is C1=C2CN(Cc3ccccc3)CC2Oc2ccccc21. The highest BCUT2D eigenvalue weighted by molar-refractivity contribution is 5.64. The Morgan fingerprint density at radius 3 is 2.70 bits per heavy atom. The first-order chi connectivity index (χ1) is 9.88. The molecule has 1 saturated heterocycles. The number of ether oxygens (including phenoxy) is 1. The predicted molar refractivity (Wildman–Crippen MR) is 80.6 cm³/mol. The second-order valence-corrected chi connectivity index (χ2v) is 5.52. The molecule has 0 bridgehead atoms. The Labute approximate surface area is 119 Å². The van der Waals surface area contributed by atoms with E-state index < -0.39 is 0 Å². The fraction of sp³-hybridized carbons (Fsp3) is 0.222. The van der Waals surface area contributed by atoms with Crippen molar-refractivity contribution in [3.8, 4) is 5.75 Å². The molecule has 100 valence electrons. The summed E-state index contributed by atoms with van der Waals surface area (Å²) in [5.41, 5.74) is 3.98. The quantitative estimate of drug-likeness (QED) is 0.824. The second-order valence-electron chi connectivity index (χ2n) is 5.52. The lowest BCUT2D eigenvalue weighted by molar-refractivity contribution is 0.211. The van der Waals surface area contributed by atoms with Crippen LogP contribution in [0.2, 0.25) is 0 Å². The van der Waals surface area contributed by atoms with Gasteiger partial charge in [-0.15, -0.1) is 0 Å². The molecular weight excluding hydrogens is 246 g/mol. The van der Waals surface area contributed by atoms with Crippen molar-refractivity contribution < 1.29 is 4.74 Å². The lowest BCUT2D eigenvalue weighted by Crippen LogP contribution is -2.25. The summed E-state index contributed by atoms with van der Waals surface area (Å²) in [5, 5.41) is 0. The number of hydrogen-bond acceptors (Lipinski definition) is 2. The Hall–Kier alpha value is -2.06. The monoisotopic (exact) mass is 263 g/mol. The van der Waals surface area contributed by atoms with E-state index in [1.54, 1.807) is 0 Å². The van der Waals surface area contributed by atoms with Crippen molar-refractivity contribution >= 4 is 6.08 Å². The topological polar surface area (TPSA) is 12.5 Å². The van der Waals surface area contributed by atoms with Crippen molar-refractivity contribution in [2.75, 3.05) is 13.1 Å². The highest BCUT2D eigenvalue weighted by atomic mass is 16.5. The minimum Gasteiger partial charge on any atom is -0.484 e. The van der Waals surface area contributed by atoms with E-state index in [9.17, 15) is 0 Å². The highest BCUT2D eigenvalue weighted by Crippen LogP contribution is 2.33. The standard InChI is InChI=1S/C18H17NO/c1-2-6-14(7-3-1)11-19-12-16-10-15-8-4-5-9-17(15)20-18(16)13-19/h1-10,18H,11-13H2. The van der Waals surface area contributed by atoms with Gasteiger partial charge in [0.1, 0.15) is 11.9 Å². The van der Waals surface area contributed by atoms with Crippen LogP contribution in [0.5, 0.6) is 5.75 Å². The molecule has 2 aliphatic rings. The largest absolute Gasteiger partial charge is 0.484 e. The molecule has 0 N–H and O–H groups in total. The van der Waals surface area contributed by atoms with Crippen LogP contribution in [0.4, 0.5) is 0 Å². The van der Waals surface area contributed by atoms with Crippen LogP contribution >= 0.6 is 0 Å². The number of likely N-dealkylation sites (tertiary alicyclic amines) is 1. The zero-order valence-corrected chi connectivity index (χ0v) is 11.3. The van der Waals surface area contributed by atoms with Crippen molar-refractivity contribution in [2.45, 2.75) is 12.6 Å². The Morgan fingerprint density at radius 2 is 1.80 bits per heavy atom. The fourth-order valence-corrected chi connectivity index (χ4v) is 3.05. The van der Waals surface area contributed by atoms with Crippen LogP contribution in [-0.2, 0) is 6.54 Å². The first-order valence-electron chi connectivity index (χ1n) is 7.11. The van der Waals surface area contributed by atoms with E-state index in [1.807, 2.05) is 6.07 Å². The van der Waals surface area contributed by atoms with Crippen LogP contribution in [0.15, 0.2) is 60.2 Å². The molecule has 4 rings (SSSR count). The van der Waals surface area contributed by atoms with E-state index in [4.69, 9.17) is 4.74 Å². The average Bonchev–Trinajstić information content (AvgIpc) is 2.86. The lowest BCUT2D eigenvalue weighted by Gasteiger charge is -2.21. The Bertz CT molecular complexity index is 647. The number of para-hydroxylation sites is 1. The number of benzene rings is 2. The van der Waals surface area contributed by atoms with E-state index in [0.29, 0.717) is 0 Å². The predicted octanol–water partition coefficient (Wildman–Crippen LogP) is 3.35. The molecule has 0 saturated carbocycles. The maximum Gasteiger partial charge on any atom is 0.134 e. The van der Waals surface area contributed by atoms with Gasteiger partial charge >= 0.3 is 0 Å². The Morgan fingerprint density at radius 1 is 1.00 bits per heavy atom. The summed E-state index contributed by atoms with van der Waals surface area (Å²) in [6, 6.07) is 18.9. The summed E-state index contributed by atoms with van der Waals surface area (Å²) < 4.78 is 6.11. The zero-order chi connectivity index (χ0) is 13.4. The van der Waals surface area contributed by atoms with Gasteiger partial charge in [0.15, 0.2) is 0 Å². The number of fused-ring (bicyclic) bond motifs is 2. The van der Waals surface area contributed by atoms with Gasteiger partial charge in [-0.3, -0.25) is 4.90 Å². The van der Waals surface area contributed by atoms with E-state index in [-0.39, 0.29) is 6.10 Å². The van der Waals surface area contributed by atoms with Gasteiger partial charge < -0.3 is 4.74 Å². The summed E-state index contributed by atoms with van der Waals surface area (Å²) in [6.07, 6.45) is 2.53. The van der Waals surface area contributed by atoms with Gasteiger partial charge in [0.05, 0.1) is 0 Å². The van der Waals surface area contributed by atoms with Crippen molar-refractivity contribution in [3.63, 3.8) is 0 Å². The van der Waals surface area contributed by atoms with Crippen LogP contribution in [0.3, 0.4) is 0 Å². The molecule has 0 aliphatic carbocycles. The van der Waals surface area contributed by atoms with Crippen molar-refractivity contribution in [2.24, 2.45) is 0 Å². The van der Waals surface area contributed by atoms with E-state index in [1.165, 1.54) is 16.7 Å². The summed E-state index contributed by atoms with van der Waals surface area (Å²) in [6.45, 7) is 2.98. The zero-order valence-electron chi connectivity index (χ0n) is 11.3. The molecule has 2 heteroatoms. The summed E-state index contributed by atoms with van der Waals surface area (Å²) in [7, 11) is 0. The van der Waals surface area contributed by atoms with Gasteiger partial charge in [-0.05, 0) is 23.3 Å². The van der Waals surface area contributed by atoms with Gasteiger partial charge in [-0.1, -0.05) is 48.5 Å². The molecule has 0 aromatic heterocycles. The Kier molecular flexibility index (Phi) is 2.82.